The van der Waals surface area contributed by atoms with Crippen molar-refractivity contribution in [1.29, 1.82) is 0 Å². The summed E-state index contributed by atoms with van der Waals surface area (Å²) in [7, 11) is -11.7. The molecule has 0 bridgehead atoms. The Morgan fingerprint density at radius 1 is 0.600 bits per heavy atom. The van der Waals surface area contributed by atoms with E-state index in [0.717, 1.165) is 36.4 Å². The molecule has 0 radical (unpaired) electrons. The standard InChI is InChI=1S/C18H12F3O6PS2/c19-11-1-3-12(4-2-11)28(13-5-7-15(20)17(9-13)29(22,23)24)14-6-8-16(21)18(10-14)30(25,26)27/h1-10H,(H,22,23,24)(H,25,26,27). The molecule has 0 aliphatic carbocycles. The number of rotatable bonds is 5. The van der Waals surface area contributed by atoms with Gasteiger partial charge in [-0.1, -0.05) is 24.3 Å². The Labute approximate surface area is 171 Å². The van der Waals surface area contributed by atoms with Gasteiger partial charge in [0.2, 0.25) is 0 Å². The molecular weight excluding hydrogens is 464 g/mol. The van der Waals surface area contributed by atoms with Crippen molar-refractivity contribution in [2.75, 3.05) is 0 Å². The molecule has 0 aromatic heterocycles. The molecule has 3 rings (SSSR count). The highest BCUT2D eigenvalue weighted by Crippen LogP contribution is 2.35. The number of benzene rings is 3. The van der Waals surface area contributed by atoms with E-state index in [9.17, 15) is 39.1 Å². The second kappa shape index (κ2) is 8.09. The van der Waals surface area contributed by atoms with Gasteiger partial charge >= 0.3 is 0 Å². The van der Waals surface area contributed by atoms with E-state index < -0.39 is 55.4 Å². The van der Waals surface area contributed by atoms with Gasteiger partial charge in [-0.2, -0.15) is 16.8 Å². The van der Waals surface area contributed by atoms with Crippen molar-refractivity contribution in [3.8, 4) is 0 Å². The molecular formula is C18H12F3O6PS2. The van der Waals surface area contributed by atoms with Crippen molar-refractivity contribution in [3.63, 3.8) is 0 Å². The quantitative estimate of drug-likeness (QED) is 0.432. The Morgan fingerprint density at radius 3 is 1.33 bits per heavy atom. The normalized spacial score (nSPS) is 12.3. The third-order valence-corrected chi connectivity index (χ3v) is 8.13. The molecule has 0 spiro atoms. The van der Waals surface area contributed by atoms with Gasteiger partial charge in [-0.25, -0.2) is 13.2 Å². The summed E-state index contributed by atoms with van der Waals surface area (Å²) in [5.41, 5.74) is 0. The Bertz CT molecular complexity index is 1250. The maximum atomic E-state index is 13.9. The summed E-state index contributed by atoms with van der Waals surface area (Å²) < 4.78 is 106. The predicted molar refractivity (Wildman–Crippen MR) is 105 cm³/mol. The van der Waals surface area contributed by atoms with Gasteiger partial charge in [0.05, 0.1) is 0 Å². The summed E-state index contributed by atoms with van der Waals surface area (Å²) in [5, 5.41) is 0.657. The summed E-state index contributed by atoms with van der Waals surface area (Å²) in [6.45, 7) is 0. The van der Waals surface area contributed by atoms with E-state index in [4.69, 9.17) is 0 Å². The van der Waals surface area contributed by atoms with Crippen molar-refractivity contribution in [2.24, 2.45) is 0 Å². The molecule has 30 heavy (non-hydrogen) atoms. The Hall–Kier alpha value is -2.30. The molecule has 0 fully saturated rings. The zero-order valence-electron chi connectivity index (χ0n) is 14.7. The van der Waals surface area contributed by atoms with Crippen molar-refractivity contribution in [2.45, 2.75) is 9.79 Å². The molecule has 0 unspecified atom stereocenters. The summed E-state index contributed by atoms with van der Waals surface area (Å²) in [5.74, 6) is -3.01. The highest BCUT2D eigenvalue weighted by molar-refractivity contribution is 7.86. The lowest BCUT2D eigenvalue weighted by molar-refractivity contribution is 0.471. The maximum absolute atomic E-state index is 13.9. The van der Waals surface area contributed by atoms with Crippen molar-refractivity contribution < 1.29 is 39.1 Å². The summed E-state index contributed by atoms with van der Waals surface area (Å²) in [6, 6.07) is 10.6. The van der Waals surface area contributed by atoms with E-state index in [1.54, 1.807) is 0 Å². The van der Waals surface area contributed by atoms with E-state index in [2.05, 4.69) is 0 Å². The summed E-state index contributed by atoms with van der Waals surface area (Å²) >= 11 is 0. The van der Waals surface area contributed by atoms with E-state index >= 15 is 0 Å². The first-order valence-corrected chi connectivity index (χ1v) is 12.2. The lowest BCUT2D eigenvalue weighted by Gasteiger charge is -2.20. The van der Waals surface area contributed by atoms with Crippen LogP contribution in [0.2, 0.25) is 0 Å². The highest BCUT2D eigenvalue weighted by atomic mass is 32.2. The van der Waals surface area contributed by atoms with Gasteiger partial charge in [-0.05, 0) is 60.2 Å². The van der Waals surface area contributed by atoms with Gasteiger partial charge in [-0.15, -0.1) is 0 Å². The Balaban J connectivity index is 2.30. The minimum atomic E-state index is -4.92. The molecule has 0 aliphatic rings. The van der Waals surface area contributed by atoms with Crippen LogP contribution in [-0.4, -0.2) is 25.9 Å². The molecule has 3 aromatic carbocycles. The van der Waals surface area contributed by atoms with Crippen LogP contribution in [0.15, 0.2) is 70.5 Å². The predicted octanol–water partition coefficient (Wildman–Crippen LogP) is 2.36. The van der Waals surface area contributed by atoms with Crippen LogP contribution in [0.5, 0.6) is 0 Å². The first-order valence-electron chi connectivity index (χ1n) is 7.98. The van der Waals surface area contributed by atoms with Gasteiger partial charge < -0.3 is 0 Å². The minimum absolute atomic E-state index is 0.138. The summed E-state index contributed by atoms with van der Waals surface area (Å²) in [4.78, 5) is -2.02. The zero-order valence-corrected chi connectivity index (χ0v) is 17.2. The fourth-order valence-electron chi connectivity index (χ4n) is 2.69. The fourth-order valence-corrected chi connectivity index (χ4v) is 6.36. The van der Waals surface area contributed by atoms with Gasteiger partial charge in [-0.3, -0.25) is 9.11 Å². The van der Waals surface area contributed by atoms with Crippen molar-refractivity contribution >= 4 is 44.1 Å². The molecule has 0 aliphatic heterocycles. The molecule has 0 saturated carbocycles. The lowest BCUT2D eigenvalue weighted by atomic mass is 10.3. The van der Waals surface area contributed by atoms with Crippen LogP contribution in [0.1, 0.15) is 0 Å². The van der Waals surface area contributed by atoms with Gasteiger partial charge in [0.25, 0.3) is 20.2 Å². The van der Waals surface area contributed by atoms with Crippen LogP contribution in [0.4, 0.5) is 13.2 Å². The topological polar surface area (TPSA) is 109 Å². The van der Waals surface area contributed by atoms with E-state index in [-0.39, 0.29) is 10.6 Å². The maximum Gasteiger partial charge on any atom is 0.297 e. The first-order chi connectivity index (χ1) is 13.9. The smallest absolute Gasteiger partial charge is 0.282 e. The van der Waals surface area contributed by atoms with Crippen LogP contribution >= 0.6 is 7.92 Å². The SMILES string of the molecule is O=S(=O)(O)c1cc(P(c2ccc(F)cc2)c2ccc(F)c(S(=O)(=O)O)c2)ccc1F. The molecule has 0 atom stereocenters. The molecule has 2 N–H and O–H groups in total. The van der Waals surface area contributed by atoms with Crippen LogP contribution in [0.25, 0.3) is 0 Å². The van der Waals surface area contributed by atoms with Crippen LogP contribution in [0, 0.1) is 17.5 Å². The molecule has 12 heteroatoms. The average molecular weight is 476 g/mol. The Morgan fingerprint density at radius 2 is 0.967 bits per heavy atom. The van der Waals surface area contributed by atoms with Crippen LogP contribution in [-0.2, 0) is 20.2 Å². The van der Waals surface area contributed by atoms with Crippen molar-refractivity contribution in [1.82, 2.24) is 0 Å². The zero-order chi connectivity index (χ0) is 22.3. The Kier molecular flexibility index (Phi) is 6.03. The van der Waals surface area contributed by atoms with Gasteiger partial charge in [0.15, 0.2) is 0 Å². The molecule has 0 saturated heterocycles. The number of hydrogen-bond donors (Lipinski definition) is 2. The molecule has 158 valence electrons. The molecule has 0 heterocycles. The fraction of sp³-hybridized carbons (Fsp3) is 0. The third-order valence-electron chi connectivity index (χ3n) is 3.99. The number of hydrogen-bond acceptors (Lipinski definition) is 4. The lowest BCUT2D eigenvalue weighted by Crippen LogP contribution is -2.23. The summed E-state index contributed by atoms with van der Waals surface area (Å²) in [6.07, 6.45) is 0. The highest BCUT2D eigenvalue weighted by Gasteiger charge is 2.25. The molecule has 3 aromatic rings. The monoisotopic (exact) mass is 476 g/mol. The largest absolute Gasteiger partial charge is 0.297 e. The first kappa shape index (κ1) is 22.4. The number of halogens is 3. The third kappa shape index (κ3) is 4.71. The van der Waals surface area contributed by atoms with Gasteiger partial charge in [0, 0.05) is 0 Å². The minimum Gasteiger partial charge on any atom is -0.282 e. The van der Waals surface area contributed by atoms with Gasteiger partial charge in [0.1, 0.15) is 27.2 Å². The van der Waals surface area contributed by atoms with E-state index in [0.29, 0.717) is 5.30 Å². The molecule has 6 nitrogen and oxygen atoms in total. The van der Waals surface area contributed by atoms with Crippen LogP contribution < -0.4 is 15.9 Å². The van der Waals surface area contributed by atoms with E-state index in [1.807, 2.05) is 0 Å². The average Bonchev–Trinajstić information content (AvgIpc) is 2.64. The van der Waals surface area contributed by atoms with E-state index in [1.165, 1.54) is 24.3 Å². The second-order valence-corrected chi connectivity index (χ2v) is 11.0. The second-order valence-electron chi connectivity index (χ2n) is 5.99. The molecule has 0 amide bonds. The van der Waals surface area contributed by atoms with Crippen molar-refractivity contribution in [3.05, 3.63) is 78.1 Å². The van der Waals surface area contributed by atoms with Crippen LogP contribution in [0.3, 0.4) is 0 Å².